The van der Waals surface area contributed by atoms with Gasteiger partial charge in [-0.1, -0.05) is 17.7 Å². The number of rotatable bonds is 5. The van der Waals surface area contributed by atoms with E-state index in [0.717, 1.165) is 5.56 Å². The number of hydrogen-bond donors (Lipinski definition) is 2. The average molecular weight is 325 g/mol. The molecule has 0 radical (unpaired) electrons. The normalized spacial score (nSPS) is 10.4. The predicted octanol–water partition coefficient (Wildman–Crippen LogP) is 2.78. The van der Waals surface area contributed by atoms with Gasteiger partial charge in [0.25, 0.3) is 5.91 Å². The van der Waals surface area contributed by atoms with Crippen LogP contribution in [0.3, 0.4) is 0 Å². The summed E-state index contributed by atoms with van der Waals surface area (Å²) in [7, 11) is 0. The van der Waals surface area contributed by atoms with Crippen LogP contribution in [0.5, 0.6) is 0 Å². The second-order valence-corrected chi connectivity index (χ2v) is 5.77. The van der Waals surface area contributed by atoms with Crippen molar-refractivity contribution in [2.75, 3.05) is 6.54 Å². The van der Waals surface area contributed by atoms with E-state index in [1.165, 1.54) is 16.7 Å². The average Bonchev–Trinajstić information content (AvgIpc) is 2.87. The third-order valence-electron chi connectivity index (χ3n) is 2.76. The van der Waals surface area contributed by atoms with Gasteiger partial charge in [0, 0.05) is 18.3 Å². The Bertz CT molecular complexity index is 685. The number of carboxylic acid groups (broad SMARTS) is 1. The summed E-state index contributed by atoms with van der Waals surface area (Å²) in [6.07, 6.45) is 0.479. The largest absolute Gasteiger partial charge is 0.476 e. The minimum atomic E-state index is -1.05. The quantitative estimate of drug-likeness (QED) is 0.886. The third-order valence-corrected chi connectivity index (χ3v) is 3.99. The molecule has 0 spiro atoms. The number of carbonyl (C=O) groups is 2. The maximum atomic E-state index is 12.0. The van der Waals surface area contributed by atoms with Crippen LogP contribution in [0.4, 0.5) is 0 Å². The van der Waals surface area contributed by atoms with Gasteiger partial charge in [0.1, 0.15) is 0 Å². The monoisotopic (exact) mass is 324 g/mol. The van der Waals surface area contributed by atoms with Gasteiger partial charge in [0.2, 0.25) is 0 Å². The highest BCUT2D eigenvalue weighted by Gasteiger charge is 2.11. The molecule has 0 atom stereocenters. The highest BCUT2D eigenvalue weighted by molar-refractivity contribution is 7.09. The number of aryl methyl sites for hydroxylation is 1. The molecule has 21 heavy (non-hydrogen) atoms. The van der Waals surface area contributed by atoms with Crippen LogP contribution in [0, 0.1) is 6.92 Å². The first-order valence-electron chi connectivity index (χ1n) is 6.19. The maximum Gasteiger partial charge on any atom is 0.355 e. The van der Waals surface area contributed by atoms with Gasteiger partial charge in [-0.2, -0.15) is 0 Å². The first-order chi connectivity index (χ1) is 9.97. The highest BCUT2D eigenvalue weighted by Crippen LogP contribution is 2.17. The Morgan fingerprint density at radius 3 is 2.81 bits per heavy atom. The predicted molar refractivity (Wildman–Crippen MR) is 81.3 cm³/mol. The van der Waals surface area contributed by atoms with Crippen molar-refractivity contribution in [3.63, 3.8) is 0 Å². The van der Waals surface area contributed by atoms with Gasteiger partial charge in [0.15, 0.2) is 5.69 Å². The lowest BCUT2D eigenvalue weighted by Crippen LogP contribution is -2.26. The lowest BCUT2D eigenvalue weighted by Gasteiger charge is -2.06. The van der Waals surface area contributed by atoms with Gasteiger partial charge in [-0.15, -0.1) is 11.3 Å². The van der Waals surface area contributed by atoms with Crippen molar-refractivity contribution in [1.29, 1.82) is 0 Å². The van der Waals surface area contributed by atoms with Crippen LogP contribution in [-0.4, -0.2) is 28.5 Å². The number of hydrogen-bond acceptors (Lipinski definition) is 4. The van der Waals surface area contributed by atoms with E-state index in [4.69, 9.17) is 16.7 Å². The zero-order chi connectivity index (χ0) is 15.4. The Morgan fingerprint density at radius 1 is 1.43 bits per heavy atom. The zero-order valence-corrected chi connectivity index (χ0v) is 12.8. The van der Waals surface area contributed by atoms with E-state index in [0.29, 0.717) is 28.6 Å². The molecule has 0 fully saturated rings. The maximum absolute atomic E-state index is 12.0. The molecule has 1 heterocycles. The van der Waals surface area contributed by atoms with Gasteiger partial charge >= 0.3 is 5.97 Å². The summed E-state index contributed by atoms with van der Waals surface area (Å²) in [5.74, 6) is -1.30. The molecule has 0 aliphatic carbocycles. The molecule has 0 saturated heterocycles. The number of nitrogens with one attached hydrogen (secondary N) is 1. The molecule has 1 aromatic heterocycles. The van der Waals surface area contributed by atoms with Gasteiger partial charge in [-0.25, -0.2) is 9.78 Å². The smallest absolute Gasteiger partial charge is 0.355 e. The lowest BCUT2D eigenvalue weighted by atomic mass is 10.1. The summed E-state index contributed by atoms with van der Waals surface area (Å²) in [6, 6.07) is 5.23. The molecule has 0 unspecified atom stereocenters. The van der Waals surface area contributed by atoms with Crippen LogP contribution in [0.15, 0.2) is 23.6 Å². The molecule has 1 amide bonds. The Balaban J connectivity index is 1.90. The molecule has 110 valence electrons. The van der Waals surface area contributed by atoms with Crippen molar-refractivity contribution in [1.82, 2.24) is 10.3 Å². The molecular formula is C14H13ClN2O3S. The molecule has 5 nitrogen and oxygen atoms in total. The van der Waals surface area contributed by atoms with Crippen LogP contribution in [0.2, 0.25) is 5.02 Å². The van der Waals surface area contributed by atoms with E-state index in [1.54, 1.807) is 12.1 Å². The number of nitrogens with zero attached hydrogens (tertiary/aromatic N) is 1. The minimum absolute atomic E-state index is 0.0305. The highest BCUT2D eigenvalue weighted by atomic mass is 35.5. The molecule has 0 aliphatic heterocycles. The summed E-state index contributed by atoms with van der Waals surface area (Å²) in [5.41, 5.74) is 1.44. The molecule has 0 aliphatic rings. The molecule has 2 aromatic rings. The fraction of sp³-hybridized carbons (Fsp3) is 0.214. The van der Waals surface area contributed by atoms with Crippen LogP contribution >= 0.6 is 22.9 Å². The van der Waals surface area contributed by atoms with E-state index < -0.39 is 5.97 Å². The summed E-state index contributed by atoms with van der Waals surface area (Å²) in [5, 5.41) is 14.1. The Morgan fingerprint density at radius 2 is 2.19 bits per heavy atom. The van der Waals surface area contributed by atoms with E-state index in [9.17, 15) is 9.59 Å². The minimum Gasteiger partial charge on any atom is -0.476 e. The first kappa shape index (κ1) is 15.5. The van der Waals surface area contributed by atoms with Gasteiger partial charge < -0.3 is 10.4 Å². The van der Waals surface area contributed by atoms with Gasteiger partial charge in [0.05, 0.1) is 15.6 Å². The van der Waals surface area contributed by atoms with Crippen molar-refractivity contribution >= 4 is 34.8 Å². The number of carboxylic acids is 1. The number of aromatic nitrogens is 1. The number of amides is 1. The number of thiazole rings is 1. The summed E-state index contributed by atoms with van der Waals surface area (Å²) < 4.78 is 0. The van der Waals surface area contributed by atoms with E-state index >= 15 is 0 Å². The van der Waals surface area contributed by atoms with Crippen molar-refractivity contribution in [2.45, 2.75) is 13.3 Å². The molecule has 0 saturated carbocycles. The molecule has 2 rings (SSSR count). The van der Waals surface area contributed by atoms with E-state index in [-0.39, 0.29) is 11.6 Å². The molecule has 1 aromatic carbocycles. The van der Waals surface area contributed by atoms with Crippen molar-refractivity contribution in [3.8, 4) is 0 Å². The molecule has 7 heteroatoms. The van der Waals surface area contributed by atoms with Crippen LogP contribution in [-0.2, 0) is 6.42 Å². The number of carbonyl (C=O) groups excluding carboxylic acids is 1. The SMILES string of the molecule is Cc1ccc(C(=O)NCCc2nc(C(=O)O)cs2)c(Cl)c1. The topological polar surface area (TPSA) is 79.3 Å². The lowest BCUT2D eigenvalue weighted by molar-refractivity contribution is 0.0690. The first-order valence-corrected chi connectivity index (χ1v) is 7.45. The summed E-state index contributed by atoms with van der Waals surface area (Å²) >= 11 is 7.28. The summed E-state index contributed by atoms with van der Waals surface area (Å²) in [6.45, 7) is 2.27. The van der Waals surface area contributed by atoms with Crippen LogP contribution in [0.1, 0.15) is 31.4 Å². The van der Waals surface area contributed by atoms with E-state index in [2.05, 4.69) is 10.3 Å². The standard InChI is InChI=1S/C14H13ClN2O3S/c1-8-2-3-9(10(15)6-8)13(18)16-5-4-12-17-11(7-21-12)14(19)20/h2-3,6-7H,4-5H2,1H3,(H,16,18)(H,19,20). The van der Waals surface area contributed by atoms with Crippen LogP contribution < -0.4 is 5.32 Å². The van der Waals surface area contributed by atoms with Crippen LogP contribution in [0.25, 0.3) is 0 Å². The Hall–Kier alpha value is -1.92. The van der Waals surface area contributed by atoms with Gasteiger partial charge in [-0.05, 0) is 24.6 Å². The number of benzene rings is 1. The Labute approximate surface area is 130 Å². The number of aromatic carboxylic acids is 1. The molecule has 0 bridgehead atoms. The Kier molecular flexibility index (Phi) is 4.93. The fourth-order valence-electron chi connectivity index (χ4n) is 1.71. The molecular weight excluding hydrogens is 312 g/mol. The van der Waals surface area contributed by atoms with Gasteiger partial charge in [-0.3, -0.25) is 4.79 Å². The van der Waals surface area contributed by atoms with E-state index in [1.807, 2.05) is 13.0 Å². The number of halogens is 1. The summed E-state index contributed by atoms with van der Waals surface area (Å²) in [4.78, 5) is 26.6. The van der Waals surface area contributed by atoms with Crippen molar-refractivity contribution < 1.29 is 14.7 Å². The fourth-order valence-corrected chi connectivity index (χ4v) is 2.80. The second-order valence-electron chi connectivity index (χ2n) is 4.42. The molecule has 2 N–H and O–H groups in total. The van der Waals surface area contributed by atoms with Crippen molar-refractivity contribution in [2.24, 2.45) is 0 Å². The second kappa shape index (κ2) is 6.69. The third kappa shape index (κ3) is 4.03. The van der Waals surface area contributed by atoms with Crippen molar-refractivity contribution in [3.05, 3.63) is 50.4 Å². The zero-order valence-electron chi connectivity index (χ0n) is 11.2.